The highest BCUT2D eigenvalue weighted by Gasteiger charge is 2.33. The number of ether oxygens (including phenoxy) is 3. The molecule has 2 aromatic heterocycles. The van der Waals surface area contributed by atoms with Gasteiger partial charge < -0.3 is 38.9 Å². The molecule has 16 nitrogen and oxygen atoms in total. The number of aromatic hydroxyl groups is 1. The number of likely N-dealkylation sites (N-methyl/N-ethyl adjacent to an activating group) is 1. The van der Waals surface area contributed by atoms with Crippen LogP contribution in [0.1, 0.15) is 97.6 Å². The Hall–Kier alpha value is -5.68. The molecular weight excluding hydrogens is 891 g/mol. The molecule has 2 aromatic carbocycles. The smallest absolute Gasteiger partial charge is 0.293 e. The van der Waals surface area contributed by atoms with Crippen LogP contribution >= 0.6 is 0 Å². The van der Waals surface area contributed by atoms with Crippen LogP contribution in [-0.4, -0.2) is 140 Å². The van der Waals surface area contributed by atoms with Gasteiger partial charge in [0.2, 0.25) is 5.91 Å². The number of carbonyl (C=O) groups is 5. The second kappa shape index (κ2) is 27.1. The van der Waals surface area contributed by atoms with Crippen molar-refractivity contribution in [3.05, 3.63) is 71.5 Å². The summed E-state index contributed by atoms with van der Waals surface area (Å²) in [5.41, 5.74) is 10.1. The number of likely N-dealkylation sites (tertiary alicyclic amines) is 1. The Morgan fingerprint density at radius 3 is 2.29 bits per heavy atom. The third kappa shape index (κ3) is 15.7. The molecular formula is C54H79N7O9. The highest BCUT2D eigenvalue weighted by Crippen LogP contribution is 2.42. The number of phenolic OH excluding ortho intramolecular Hbond substituents is 1. The summed E-state index contributed by atoms with van der Waals surface area (Å²) in [5.74, 6) is -0.0109. The van der Waals surface area contributed by atoms with E-state index in [1.807, 2.05) is 58.9 Å². The molecule has 3 N–H and O–H groups in total. The Bertz CT molecular complexity index is 2330. The van der Waals surface area contributed by atoms with E-state index in [9.17, 15) is 29.1 Å². The van der Waals surface area contributed by atoms with Crippen molar-refractivity contribution < 1.29 is 43.3 Å². The zero-order chi connectivity index (χ0) is 51.7. The molecule has 0 saturated carbocycles. The first-order chi connectivity index (χ1) is 33.3. The summed E-state index contributed by atoms with van der Waals surface area (Å²) in [5, 5.41) is 16.9. The fourth-order valence-electron chi connectivity index (χ4n) is 9.30. The van der Waals surface area contributed by atoms with E-state index in [-0.39, 0.29) is 48.7 Å². The summed E-state index contributed by atoms with van der Waals surface area (Å²) in [6, 6.07) is 14.4. The van der Waals surface area contributed by atoms with Crippen molar-refractivity contribution in [2.45, 2.75) is 118 Å². The Kier molecular flexibility index (Phi) is 22.0. The molecule has 384 valence electrons. The minimum atomic E-state index is -0.849. The molecule has 4 aromatic rings. The number of hydrogen-bond donors (Lipinski definition) is 3. The molecule has 16 heteroatoms. The van der Waals surface area contributed by atoms with Crippen molar-refractivity contribution in [3.8, 4) is 28.1 Å². The number of amides is 2. The lowest BCUT2D eigenvalue weighted by Crippen LogP contribution is -2.58. The molecule has 0 radical (unpaired) electrons. The Balaban J connectivity index is 0.000000656. The van der Waals surface area contributed by atoms with Gasteiger partial charge in [-0.1, -0.05) is 39.8 Å². The summed E-state index contributed by atoms with van der Waals surface area (Å²) < 4.78 is 17.7. The monoisotopic (exact) mass is 970 g/mol. The predicted octanol–water partition coefficient (Wildman–Crippen LogP) is 6.99. The van der Waals surface area contributed by atoms with Crippen LogP contribution in [-0.2, 0) is 57.6 Å². The molecule has 0 spiro atoms. The van der Waals surface area contributed by atoms with Crippen LogP contribution in [0.3, 0.4) is 0 Å². The molecule has 6 rings (SSSR count). The number of fused-ring (bicyclic) bond motifs is 1. The van der Waals surface area contributed by atoms with Gasteiger partial charge in [-0.15, -0.1) is 0 Å². The molecule has 4 atom stereocenters. The van der Waals surface area contributed by atoms with Gasteiger partial charge in [0, 0.05) is 73.7 Å². The second-order valence-corrected chi connectivity index (χ2v) is 20.0. The fraction of sp³-hybridized carbons (Fsp3) is 0.556. The summed E-state index contributed by atoms with van der Waals surface area (Å²) >= 11 is 0. The normalized spacial score (nSPS) is 16.4. The van der Waals surface area contributed by atoms with Gasteiger partial charge in [-0.2, -0.15) is 0 Å². The van der Waals surface area contributed by atoms with Gasteiger partial charge in [0.25, 0.3) is 18.9 Å². The molecule has 0 aliphatic carbocycles. The van der Waals surface area contributed by atoms with Crippen LogP contribution in [0, 0.1) is 17.3 Å². The molecule has 2 saturated heterocycles. The zero-order valence-electron chi connectivity index (χ0n) is 43.6. The van der Waals surface area contributed by atoms with Crippen molar-refractivity contribution in [1.29, 1.82) is 0 Å². The lowest BCUT2D eigenvalue weighted by atomic mass is 9.84. The number of aromatic nitrogens is 2. The van der Waals surface area contributed by atoms with Gasteiger partial charge in [0.05, 0.1) is 36.2 Å². The van der Waals surface area contributed by atoms with E-state index in [0.717, 1.165) is 88.7 Å². The third-order valence-corrected chi connectivity index (χ3v) is 12.7. The van der Waals surface area contributed by atoms with E-state index in [1.165, 1.54) is 0 Å². The van der Waals surface area contributed by atoms with Gasteiger partial charge in [0.1, 0.15) is 18.1 Å². The number of benzene rings is 2. The van der Waals surface area contributed by atoms with Crippen molar-refractivity contribution in [1.82, 2.24) is 35.1 Å². The summed E-state index contributed by atoms with van der Waals surface area (Å²) in [7, 11) is 7.45. The first-order valence-electron chi connectivity index (χ1n) is 24.6. The maximum atomic E-state index is 14.0. The molecule has 2 fully saturated rings. The van der Waals surface area contributed by atoms with E-state index < -0.39 is 17.5 Å². The molecule has 4 unspecified atom stereocenters. The molecule has 0 bridgehead atoms. The first-order valence-corrected chi connectivity index (χ1v) is 24.6. The molecule has 4 heterocycles. The van der Waals surface area contributed by atoms with E-state index in [4.69, 9.17) is 14.5 Å². The van der Waals surface area contributed by atoms with Crippen molar-refractivity contribution >= 4 is 41.9 Å². The maximum Gasteiger partial charge on any atom is 0.293 e. The Morgan fingerprint density at radius 1 is 1.00 bits per heavy atom. The van der Waals surface area contributed by atoms with E-state index >= 15 is 0 Å². The molecule has 2 aliphatic heterocycles. The van der Waals surface area contributed by atoms with Gasteiger partial charge in [-0.3, -0.25) is 34.1 Å². The number of aldehydes is 1. The number of pyridine rings is 1. The Labute approximate surface area is 415 Å². The number of phenols is 1. The number of nitrogens with zero attached hydrogens (tertiary/aromatic N) is 5. The maximum absolute atomic E-state index is 14.0. The number of methoxy groups -OCH3 is 1. The number of nitrogens with one attached hydrogen (secondary N) is 2. The lowest BCUT2D eigenvalue weighted by molar-refractivity contribution is -0.141. The fourth-order valence-corrected chi connectivity index (χ4v) is 9.30. The summed E-state index contributed by atoms with van der Waals surface area (Å²) in [6.45, 7) is 21.0. The van der Waals surface area contributed by atoms with E-state index in [1.54, 1.807) is 44.3 Å². The number of rotatable bonds is 20. The van der Waals surface area contributed by atoms with Crippen molar-refractivity contribution in [2.24, 2.45) is 17.3 Å². The lowest BCUT2D eigenvalue weighted by Gasteiger charge is -2.33. The van der Waals surface area contributed by atoms with E-state index in [0.29, 0.717) is 44.9 Å². The van der Waals surface area contributed by atoms with Gasteiger partial charge >= 0.3 is 0 Å². The third-order valence-electron chi connectivity index (χ3n) is 12.7. The quantitative estimate of drug-likeness (QED) is 0.0771. The minimum absolute atomic E-state index is 0.0281. The molecule has 70 heavy (non-hydrogen) atoms. The van der Waals surface area contributed by atoms with Crippen LogP contribution < -0.4 is 10.7 Å². The average Bonchev–Trinajstić information content (AvgIpc) is 3.89. The van der Waals surface area contributed by atoms with Gasteiger partial charge in [0.15, 0.2) is 0 Å². The summed E-state index contributed by atoms with van der Waals surface area (Å²) in [6.07, 6.45) is 6.32. The highest BCUT2D eigenvalue weighted by molar-refractivity contribution is 5.95. The van der Waals surface area contributed by atoms with Crippen LogP contribution in [0.5, 0.6) is 5.75 Å². The number of carbonyl (C=O) groups excluding carboxylic acids is 5. The van der Waals surface area contributed by atoms with Gasteiger partial charge in [-0.25, -0.2) is 5.43 Å². The number of hydrazine groups is 1. The topological polar surface area (TPSA) is 185 Å². The van der Waals surface area contributed by atoms with Crippen molar-refractivity contribution in [3.63, 3.8) is 0 Å². The number of aryl methyl sites for hydroxylation is 1. The summed E-state index contributed by atoms with van der Waals surface area (Å²) in [4.78, 5) is 67.3. The predicted molar refractivity (Wildman–Crippen MR) is 274 cm³/mol. The second-order valence-electron chi connectivity index (χ2n) is 20.0. The Morgan fingerprint density at radius 2 is 1.74 bits per heavy atom. The molecule has 2 amide bonds. The SMILES string of the molecule is CC(C)OC=O.CCn1c(-c2cccnc2C(C)OC)c(CC(C)(C)COC=O)c2cc(-c3cc(O)cc(CC(NC(=O)C(C(C)C)N(C)C)C(=O)N4CCCCN4)c3)ccc21.CN1CCC(C=O)C1. The van der Waals surface area contributed by atoms with Crippen LogP contribution in [0.15, 0.2) is 54.7 Å². The van der Waals surface area contributed by atoms with E-state index in [2.05, 4.69) is 70.0 Å². The van der Waals surface area contributed by atoms with Crippen LogP contribution in [0.2, 0.25) is 0 Å². The standard InChI is InChI=1S/C44H60N6O6.C6H11NO.C4H8O2/c1-10-49-38-16-15-31(24-35(38)36(25-44(5,6)26-56-27-51)41(49)34-14-13-17-45-39(34)29(4)55-9)32-20-30(21-33(52)23-32)22-37(43(54)50-19-12-11-18-46-50)47-42(53)40(28(2)3)48(7)8;1-7-3-2-6(4-7)5-8;1-4(2)6-3-5/h13-17,20-21,23-24,27-29,37,40,46,52H,10-12,18-19,22,25-26H2,1-9H3,(H,47,53);5-6H,2-4H2,1H3;3-4H,1-2H3. The minimum Gasteiger partial charge on any atom is -0.508 e. The highest BCUT2D eigenvalue weighted by atomic mass is 16.5. The first kappa shape index (κ1) is 56.9. The number of hydrogen-bond acceptors (Lipinski definition) is 13. The van der Waals surface area contributed by atoms with Crippen LogP contribution in [0.25, 0.3) is 33.3 Å². The zero-order valence-corrected chi connectivity index (χ0v) is 43.6. The van der Waals surface area contributed by atoms with Crippen molar-refractivity contribution in [2.75, 3.05) is 61.0 Å². The average molecular weight is 970 g/mol. The largest absolute Gasteiger partial charge is 0.508 e. The van der Waals surface area contributed by atoms with Crippen LogP contribution in [0.4, 0.5) is 0 Å². The van der Waals surface area contributed by atoms with Gasteiger partial charge in [-0.05, 0) is 146 Å². The molecule has 2 aliphatic rings.